The van der Waals surface area contributed by atoms with Crippen LogP contribution < -0.4 is 14.8 Å². The summed E-state index contributed by atoms with van der Waals surface area (Å²) < 4.78 is 11.3. The van der Waals surface area contributed by atoms with Gasteiger partial charge in [-0.1, -0.05) is 24.3 Å². The number of carbonyl (C=O) groups excluding carboxylic acids is 2. The second kappa shape index (κ2) is 10.7. The number of nitrogens with one attached hydrogen (secondary N) is 1. The molecule has 0 bridgehead atoms. The highest BCUT2D eigenvalue weighted by molar-refractivity contribution is 5.98. The average molecular weight is 480 g/mol. The summed E-state index contributed by atoms with van der Waals surface area (Å²) in [6, 6.07) is 12.6. The van der Waals surface area contributed by atoms with Crippen molar-refractivity contribution in [1.29, 1.82) is 0 Å². The molecular formula is C27H33N3O5. The molecule has 5 rings (SSSR count). The number of amides is 2. The number of aliphatic hydroxyl groups is 1. The van der Waals surface area contributed by atoms with Crippen LogP contribution in [-0.2, 0) is 11.3 Å². The number of hydrogen-bond acceptors (Lipinski definition) is 6. The first-order valence-electron chi connectivity index (χ1n) is 12.5. The van der Waals surface area contributed by atoms with E-state index in [1.807, 2.05) is 36.4 Å². The molecule has 8 heteroatoms. The molecule has 0 radical (unpaired) electrons. The number of nitrogens with zero attached hydrogens (tertiary/aromatic N) is 2. The van der Waals surface area contributed by atoms with Crippen LogP contribution in [-0.4, -0.2) is 72.2 Å². The molecule has 2 amide bonds. The number of hydrogen-bond donors (Lipinski definition) is 2. The van der Waals surface area contributed by atoms with Gasteiger partial charge in [-0.2, -0.15) is 0 Å². The minimum Gasteiger partial charge on any atom is -0.486 e. The molecule has 8 nitrogen and oxygen atoms in total. The van der Waals surface area contributed by atoms with Gasteiger partial charge in [-0.25, -0.2) is 0 Å². The van der Waals surface area contributed by atoms with Crippen molar-refractivity contribution >= 4 is 11.8 Å². The topological polar surface area (TPSA) is 91.3 Å². The molecule has 2 atom stereocenters. The summed E-state index contributed by atoms with van der Waals surface area (Å²) in [6.07, 6.45) is 2.26. The first kappa shape index (κ1) is 23.6. The Balaban J connectivity index is 1.19. The quantitative estimate of drug-likeness (QED) is 0.574. The van der Waals surface area contributed by atoms with Crippen LogP contribution in [0.25, 0.3) is 0 Å². The van der Waals surface area contributed by atoms with E-state index < -0.39 is 12.1 Å². The second-order valence-corrected chi connectivity index (χ2v) is 9.52. The first-order chi connectivity index (χ1) is 17.1. The normalized spacial score (nSPS) is 18.9. The zero-order valence-corrected chi connectivity index (χ0v) is 19.9. The van der Waals surface area contributed by atoms with E-state index in [0.717, 1.165) is 37.1 Å². The fourth-order valence-corrected chi connectivity index (χ4v) is 5.15. The smallest absolute Gasteiger partial charge is 0.254 e. The van der Waals surface area contributed by atoms with E-state index in [0.29, 0.717) is 62.8 Å². The first-order valence-corrected chi connectivity index (χ1v) is 12.5. The number of aliphatic hydroxyl groups excluding tert-OH is 1. The van der Waals surface area contributed by atoms with Gasteiger partial charge in [-0.05, 0) is 61.7 Å². The zero-order chi connectivity index (χ0) is 24.2. The van der Waals surface area contributed by atoms with Gasteiger partial charge in [0.25, 0.3) is 5.91 Å². The Morgan fingerprint density at radius 1 is 1.06 bits per heavy atom. The Labute approximate surface area is 205 Å². The highest BCUT2D eigenvalue weighted by atomic mass is 16.6. The Bertz CT molecular complexity index is 1070. The summed E-state index contributed by atoms with van der Waals surface area (Å²) >= 11 is 0. The van der Waals surface area contributed by atoms with Crippen LogP contribution in [0, 0.1) is 0 Å². The summed E-state index contributed by atoms with van der Waals surface area (Å²) in [5.74, 6) is 1.21. The number of carbonyl (C=O) groups is 2. The molecule has 1 fully saturated rings. The van der Waals surface area contributed by atoms with Crippen molar-refractivity contribution in [2.45, 2.75) is 44.4 Å². The predicted octanol–water partition coefficient (Wildman–Crippen LogP) is 2.51. The molecule has 186 valence electrons. The molecule has 0 aliphatic carbocycles. The molecule has 0 spiro atoms. The van der Waals surface area contributed by atoms with Crippen LogP contribution in [0.5, 0.6) is 11.5 Å². The zero-order valence-electron chi connectivity index (χ0n) is 19.9. The molecular weight excluding hydrogens is 446 g/mol. The summed E-state index contributed by atoms with van der Waals surface area (Å²) in [5, 5.41) is 14.3. The van der Waals surface area contributed by atoms with Gasteiger partial charge in [0.2, 0.25) is 5.91 Å². The lowest BCUT2D eigenvalue weighted by Crippen LogP contribution is -2.46. The molecule has 3 aliphatic heterocycles. The largest absolute Gasteiger partial charge is 0.486 e. The van der Waals surface area contributed by atoms with Gasteiger partial charge in [0.05, 0.1) is 6.04 Å². The molecule has 0 saturated carbocycles. The lowest BCUT2D eigenvalue weighted by Gasteiger charge is -2.29. The lowest BCUT2D eigenvalue weighted by molar-refractivity contribution is -0.123. The molecule has 2 aromatic carbocycles. The van der Waals surface area contributed by atoms with E-state index in [9.17, 15) is 14.7 Å². The van der Waals surface area contributed by atoms with Crippen LogP contribution in [0.1, 0.15) is 53.3 Å². The number of rotatable bonds is 9. The third kappa shape index (κ3) is 5.44. The number of likely N-dealkylation sites (tertiary alicyclic amines) is 1. The fourth-order valence-electron chi connectivity index (χ4n) is 5.15. The molecule has 35 heavy (non-hydrogen) atoms. The molecule has 3 heterocycles. The van der Waals surface area contributed by atoms with Gasteiger partial charge in [0.1, 0.15) is 19.3 Å². The highest BCUT2D eigenvalue weighted by Gasteiger charge is 2.29. The van der Waals surface area contributed by atoms with E-state index >= 15 is 0 Å². The standard InChI is InChI=1S/C27H33N3O5/c31-25(8-5-13-30-17-20-6-1-2-7-21(20)27(30)33)28-22(18-29-11-3-4-12-29)26(32)19-9-10-23-24(16-19)35-15-14-34-23/h1-2,6-7,9-10,16,22,26,32H,3-5,8,11-15,17-18H2,(H,28,31)/t22-,26-/m1/s1. The van der Waals surface area contributed by atoms with Crippen molar-refractivity contribution in [3.8, 4) is 11.5 Å². The van der Waals surface area contributed by atoms with E-state index in [1.165, 1.54) is 0 Å². The predicted molar refractivity (Wildman–Crippen MR) is 130 cm³/mol. The molecule has 0 aromatic heterocycles. The molecule has 0 unspecified atom stereocenters. The Kier molecular flexibility index (Phi) is 7.20. The molecule has 3 aliphatic rings. The Morgan fingerprint density at radius 2 is 1.83 bits per heavy atom. The van der Waals surface area contributed by atoms with E-state index in [-0.39, 0.29) is 11.8 Å². The molecule has 2 aromatic rings. The Hall–Kier alpha value is -3.10. The maximum atomic E-state index is 12.9. The van der Waals surface area contributed by atoms with Crippen LogP contribution in [0.15, 0.2) is 42.5 Å². The molecule has 1 saturated heterocycles. The Morgan fingerprint density at radius 3 is 2.63 bits per heavy atom. The average Bonchev–Trinajstić information content (AvgIpc) is 3.51. The van der Waals surface area contributed by atoms with Gasteiger partial charge >= 0.3 is 0 Å². The number of ether oxygens (including phenoxy) is 2. The van der Waals surface area contributed by atoms with Crippen molar-refractivity contribution in [3.05, 3.63) is 59.2 Å². The highest BCUT2D eigenvalue weighted by Crippen LogP contribution is 2.33. The fraction of sp³-hybridized carbons (Fsp3) is 0.481. The van der Waals surface area contributed by atoms with E-state index in [2.05, 4.69) is 10.2 Å². The van der Waals surface area contributed by atoms with Gasteiger partial charge in [-0.3, -0.25) is 9.59 Å². The van der Waals surface area contributed by atoms with Crippen molar-refractivity contribution in [2.24, 2.45) is 0 Å². The van der Waals surface area contributed by atoms with Crippen LogP contribution in [0.4, 0.5) is 0 Å². The van der Waals surface area contributed by atoms with Crippen molar-refractivity contribution in [1.82, 2.24) is 15.1 Å². The SMILES string of the molecule is O=C(CCCN1Cc2ccccc2C1=O)N[C@H](CN1CCCC1)[C@H](O)c1ccc2c(c1)OCCO2. The summed E-state index contributed by atoms with van der Waals surface area (Å²) in [4.78, 5) is 29.5. The van der Waals surface area contributed by atoms with Gasteiger partial charge in [0, 0.05) is 31.6 Å². The van der Waals surface area contributed by atoms with Crippen molar-refractivity contribution in [2.75, 3.05) is 39.4 Å². The number of benzene rings is 2. The number of fused-ring (bicyclic) bond motifs is 2. The maximum absolute atomic E-state index is 12.9. The van der Waals surface area contributed by atoms with Crippen LogP contribution in [0.2, 0.25) is 0 Å². The third-order valence-electron chi connectivity index (χ3n) is 7.02. The van der Waals surface area contributed by atoms with Gasteiger partial charge in [-0.15, -0.1) is 0 Å². The minimum atomic E-state index is -0.870. The van der Waals surface area contributed by atoms with Crippen LogP contribution >= 0.6 is 0 Å². The maximum Gasteiger partial charge on any atom is 0.254 e. The monoisotopic (exact) mass is 479 g/mol. The van der Waals surface area contributed by atoms with E-state index in [1.54, 1.807) is 11.0 Å². The van der Waals surface area contributed by atoms with Gasteiger partial charge in [0.15, 0.2) is 11.5 Å². The van der Waals surface area contributed by atoms with Gasteiger partial charge < -0.3 is 29.7 Å². The minimum absolute atomic E-state index is 0.0296. The summed E-state index contributed by atoms with van der Waals surface area (Å²) in [7, 11) is 0. The summed E-state index contributed by atoms with van der Waals surface area (Å²) in [5.41, 5.74) is 2.49. The lowest BCUT2D eigenvalue weighted by atomic mass is 10.0. The third-order valence-corrected chi connectivity index (χ3v) is 7.02. The van der Waals surface area contributed by atoms with E-state index in [4.69, 9.17) is 9.47 Å². The second-order valence-electron chi connectivity index (χ2n) is 9.52. The summed E-state index contributed by atoms with van der Waals surface area (Å²) in [6.45, 7) is 4.64. The molecule has 2 N–H and O–H groups in total. The van der Waals surface area contributed by atoms with Crippen molar-refractivity contribution in [3.63, 3.8) is 0 Å². The van der Waals surface area contributed by atoms with Crippen LogP contribution in [0.3, 0.4) is 0 Å². The van der Waals surface area contributed by atoms with Crippen molar-refractivity contribution < 1.29 is 24.2 Å².